The maximum atomic E-state index is 12.6. The Morgan fingerprint density at radius 3 is 2.61 bits per heavy atom. The van der Waals surface area contributed by atoms with Crippen molar-refractivity contribution in [1.29, 1.82) is 5.26 Å². The van der Waals surface area contributed by atoms with Crippen LogP contribution >= 0.6 is 0 Å². The van der Waals surface area contributed by atoms with Gasteiger partial charge in [-0.3, -0.25) is 9.59 Å². The first-order chi connectivity index (χ1) is 15.0. The van der Waals surface area contributed by atoms with Crippen LogP contribution in [0.2, 0.25) is 0 Å². The van der Waals surface area contributed by atoms with E-state index in [-0.39, 0.29) is 25.0 Å². The molecule has 0 aromatic heterocycles. The van der Waals surface area contributed by atoms with Gasteiger partial charge in [0.25, 0.3) is 5.91 Å². The Bertz CT molecular complexity index is 961. The van der Waals surface area contributed by atoms with Gasteiger partial charge in [-0.1, -0.05) is 42.0 Å². The van der Waals surface area contributed by atoms with Crippen molar-refractivity contribution in [3.63, 3.8) is 0 Å². The Labute approximate surface area is 183 Å². The summed E-state index contributed by atoms with van der Waals surface area (Å²) in [6.45, 7) is 6.04. The monoisotopic (exact) mass is 421 g/mol. The fourth-order valence-corrected chi connectivity index (χ4v) is 3.69. The number of likely N-dealkylation sites (N-methyl/N-ethyl adjacent to an activating group) is 1. The predicted octanol–water partition coefficient (Wildman–Crippen LogP) is 0.631. The molecule has 0 saturated carbocycles. The van der Waals surface area contributed by atoms with Crippen LogP contribution < -0.4 is 9.64 Å². The van der Waals surface area contributed by atoms with Crippen molar-refractivity contribution in [2.45, 2.75) is 13.5 Å². The minimum absolute atomic E-state index is 0.0231. The number of hydrogen-bond acceptors (Lipinski definition) is 4. The second kappa shape index (κ2) is 10.6. The summed E-state index contributed by atoms with van der Waals surface area (Å²) in [6, 6.07) is 17.3. The number of ether oxygens (including phenoxy) is 1. The third kappa shape index (κ3) is 6.30. The van der Waals surface area contributed by atoms with E-state index in [2.05, 4.69) is 31.2 Å². The molecule has 162 valence electrons. The normalized spacial score (nSPS) is 14.0. The van der Waals surface area contributed by atoms with E-state index in [4.69, 9.17) is 10.00 Å². The molecule has 0 radical (unpaired) electrons. The van der Waals surface area contributed by atoms with E-state index in [0.29, 0.717) is 24.4 Å². The Morgan fingerprint density at radius 1 is 1.16 bits per heavy atom. The molecule has 1 saturated heterocycles. The minimum atomic E-state index is -0.301. The van der Waals surface area contributed by atoms with Crippen LogP contribution in [0.25, 0.3) is 0 Å². The van der Waals surface area contributed by atoms with E-state index in [0.717, 1.165) is 19.6 Å². The molecule has 7 nitrogen and oxygen atoms in total. The predicted molar refractivity (Wildman–Crippen MR) is 116 cm³/mol. The molecule has 0 bridgehead atoms. The second-order valence-electron chi connectivity index (χ2n) is 7.94. The van der Waals surface area contributed by atoms with Gasteiger partial charge in [-0.15, -0.1) is 0 Å². The highest BCUT2D eigenvalue weighted by molar-refractivity contribution is 5.85. The molecule has 7 heteroatoms. The Kier molecular flexibility index (Phi) is 7.63. The zero-order chi connectivity index (χ0) is 22.2. The number of rotatable bonds is 7. The molecule has 0 unspecified atom stereocenters. The molecule has 2 amide bonds. The van der Waals surface area contributed by atoms with Crippen LogP contribution in [-0.2, 0) is 16.1 Å². The number of amides is 2. The number of para-hydroxylation sites is 1. The van der Waals surface area contributed by atoms with Gasteiger partial charge in [0.15, 0.2) is 6.61 Å². The Morgan fingerprint density at radius 2 is 1.90 bits per heavy atom. The summed E-state index contributed by atoms with van der Waals surface area (Å²) < 4.78 is 5.48. The van der Waals surface area contributed by atoms with Crippen molar-refractivity contribution in [1.82, 2.24) is 9.80 Å². The van der Waals surface area contributed by atoms with Crippen LogP contribution in [0.3, 0.4) is 0 Å². The maximum Gasteiger partial charge on any atom is 0.260 e. The fourth-order valence-electron chi connectivity index (χ4n) is 3.69. The number of benzene rings is 2. The van der Waals surface area contributed by atoms with Crippen molar-refractivity contribution < 1.29 is 19.2 Å². The van der Waals surface area contributed by atoms with Crippen LogP contribution in [0.15, 0.2) is 48.5 Å². The van der Waals surface area contributed by atoms with Crippen LogP contribution in [0.1, 0.15) is 16.7 Å². The molecule has 1 fully saturated rings. The standard InChI is InChI=1S/C24H28N4O3/c1-19-6-5-7-20(14-19)16-27-10-12-28(13-11-27)23(29)17-26(2)24(30)18-31-22-9-4-3-8-21(22)15-25/h3-9,14H,10-13,16-18H2,1-2H3/p+1. The molecule has 2 aromatic rings. The lowest BCUT2D eigenvalue weighted by Gasteiger charge is -2.33. The van der Waals surface area contributed by atoms with Gasteiger partial charge in [0.1, 0.15) is 18.4 Å². The van der Waals surface area contributed by atoms with Gasteiger partial charge in [0.05, 0.1) is 38.3 Å². The molecular formula is C24H29N4O3+. The van der Waals surface area contributed by atoms with Gasteiger partial charge in [0.2, 0.25) is 5.91 Å². The maximum absolute atomic E-state index is 12.6. The highest BCUT2D eigenvalue weighted by Gasteiger charge is 2.25. The highest BCUT2D eigenvalue weighted by Crippen LogP contribution is 2.16. The Hall–Kier alpha value is -3.37. The first kappa shape index (κ1) is 22.3. The van der Waals surface area contributed by atoms with Gasteiger partial charge in [-0.2, -0.15) is 5.26 Å². The summed E-state index contributed by atoms with van der Waals surface area (Å²) in [5, 5.41) is 9.09. The number of carbonyl (C=O) groups excluding carboxylic acids is 2. The van der Waals surface area contributed by atoms with Crippen molar-refractivity contribution in [3.05, 3.63) is 65.2 Å². The second-order valence-corrected chi connectivity index (χ2v) is 7.94. The topological polar surface area (TPSA) is 78.1 Å². The molecule has 3 rings (SSSR count). The molecular weight excluding hydrogens is 392 g/mol. The lowest BCUT2D eigenvalue weighted by Crippen LogP contribution is -3.13. The first-order valence-electron chi connectivity index (χ1n) is 10.5. The van der Waals surface area contributed by atoms with Crippen molar-refractivity contribution >= 4 is 11.8 Å². The molecule has 0 atom stereocenters. The number of hydrogen-bond donors (Lipinski definition) is 1. The van der Waals surface area contributed by atoms with Crippen molar-refractivity contribution in [2.75, 3.05) is 46.4 Å². The van der Waals surface area contributed by atoms with Gasteiger partial charge in [-0.25, -0.2) is 0 Å². The summed E-state index contributed by atoms with van der Waals surface area (Å²) in [5.74, 6) is 0.0125. The first-order valence-corrected chi connectivity index (χ1v) is 10.5. The van der Waals surface area contributed by atoms with Crippen molar-refractivity contribution in [2.24, 2.45) is 0 Å². The minimum Gasteiger partial charge on any atom is -0.482 e. The van der Waals surface area contributed by atoms with Gasteiger partial charge < -0.3 is 19.4 Å². The molecule has 1 heterocycles. The van der Waals surface area contributed by atoms with E-state index >= 15 is 0 Å². The molecule has 31 heavy (non-hydrogen) atoms. The van der Waals surface area contributed by atoms with Gasteiger partial charge >= 0.3 is 0 Å². The van der Waals surface area contributed by atoms with Crippen LogP contribution in [-0.4, -0.2) is 68.0 Å². The number of quaternary nitrogens is 1. The quantitative estimate of drug-likeness (QED) is 0.712. The van der Waals surface area contributed by atoms with E-state index in [9.17, 15) is 9.59 Å². The number of carbonyl (C=O) groups is 2. The lowest BCUT2D eigenvalue weighted by molar-refractivity contribution is -0.917. The average molecular weight is 422 g/mol. The number of aryl methyl sites for hydroxylation is 1. The van der Waals surface area contributed by atoms with Crippen LogP contribution in [0, 0.1) is 18.3 Å². The number of piperazine rings is 1. The summed E-state index contributed by atoms with van der Waals surface area (Å²) >= 11 is 0. The summed E-state index contributed by atoms with van der Waals surface area (Å²) in [5.41, 5.74) is 2.96. The number of nitrogens with one attached hydrogen (secondary N) is 1. The number of nitriles is 1. The molecule has 1 aliphatic rings. The fraction of sp³-hybridized carbons (Fsp3) is 0.375. The van der Waals surface area contributed by atoms with E-state index in [1.54, 1.807) is 31.3 Å². The molecule has 2 aromatic carbocycles. The zero-order valence-electron chi connectivity index (χ0n) is 18.1. The third-order valence-corrected chi connectivity index (χ3v) is 5.52. The Balaban J connectivity index is 1.42. The summed E-state index contributed by atoms with van der Waals surface area (Å²) in [4.78, 5) is 29.7. The van der Waals surface area contributed by atoms with Crippen LogP contribution in [0.5, 0.6) is 5.75 Å². The largest absolute Gasteiger partial charge is 0.482 e. The van der Waals surface area contributed by atoms with E-state index in [1.165, 1.54) is 20.9 Å². The van der Waals surface area contributed by atoms with E-state index in [1.807, 2.05) is 11.0 Å². The molecule has 0 aliphatic carbocycles. The lowest BCUT2D eigenvalue weighted by atomic mass is 10.1. The molecule has 0 spiro atoms. The number of nitrogens with zero attached hydrogens (tertiary/aromatic N) is 3. The smallest absolute Gasteiger partial charge is 0.260 e. The van der Waals surface area contributed by atoms with Gasteiger partial charge in [-0.05, 0) is 19.1 Å². The van der Waals surface area contributed by atoms with Gasteiger partial charge in [0, 0.05) is 12.6 Å². The SMILES string of the molecule is Cc1cccc(C[NH+]2CCN(C(=O)CN(C)C(=O)COc3ccccc3C#N)CC2)c1. The summed E-state index contributed by atoms with van der Waals surface area (Å²) in [6.07, 6.45) is 0. The summed E-state index contributed by atoms with van der Waals surface area (Å²) in [7, 11) is 1.60. The molecule has 1 N–H and O–H groups in total. The van der Waals surface area contributed by atoms with Crippen LogP contribution in [0.4, 0.5) is 0 Å². The van der Waals surface area contributed by atoms with E-state index < -0.39 is 0 Å². The molecule has 1 aliphatic heterocycles. The highest BCUT2D eigenvalue weighted by atomic mass is 16.5. The van der Waals surface area contributed by atoms with Crippen molar-refractivity contribution in [3.8, 4) is 11.8 Å². The average Bonchev–Trinajstić information content (AvgIpc) is 2.78. The zero-order valence-corrected chi connectivity index (χ0v) is 18.1. The third-order valence-electron chi connectivity index (χ3n) is 5.52.